The first kappa shape index (κ1) is 74.8. The molecule has 0 unspecified atom stereocenters. The molecule has 3 aliphatic heterocycles. The van der Waals surface area contributed by atoms with Crippen LogP contribution < -0.4 is 26.6 Å². The van der Waals surface area contributed by atoms with E-state index in [0.29, 0.717) is 53.7 Å². The highest BCUT2D eigenvalue weighted by atomic mass is 79.9. The summed E-state index contributed by atoms with van der Waals surface area (Å²) in [6.45, 7) is 11.8. The number of likely N-dealkylation sites (N-methyl/N-ethyl adjacent to an activating group) is 1. The molecule has 10 atom stereocenters. The number of nitrogens with two attached hydrogens (primary N) is 1. The number of nitrogens with one attached hydrogen (secondary N) is 3. The van der Waals surface area contributed by atoms with Crippen LogP contribution in [0.3, 0.4) is 0 Å². The number of amides is 6. The number of nitrogens with zero attached hydrogens (tertiary/aromatic N) is 2. The predicted molar refractivity (Wildman–Crippen MR) is 336 cm³/mol. The molecule has 2 fully saturated rings. The van der Waals surface area contributed by atoms with E-state index in [4.69, 9.17) is 41.0 Å². The minimum Gasteiger partial charge on any atom is -0.465 e. The van der Waals surface area contributed by atoms with Crippen molar-refractivity contribution in [2.24, 2.45) is 29.4 Å². The van der Waals surface area contributed by atoms with Gasteiger partial charge in [0.05, 0.1) is 52.9 Å². The van der Waals surface area contributed by atoms with Gasteiger partial charge in [0.1, 0.15) is 35.7 Å². The van der Waals surface area contributed by atoms with Gasteiger partial charge in [0.2, 0.25) is 11.8 Å². The van der Waals surface area contributed by atoms with Gasteiger partial charge in [0, 0.05) is 75.9 Å². The Hall–Kier alpha value is -5.93. The number of epoxide rings is 1. The van der Waals surface area contributed by atoms with Gasteiger partial charge in [-0.05, 0) is 107 Å². The van der Waals surface area contributed by atoms with Gasteiger partial charge in [-0.2, -0.15) is 13.2 Å². The summed E-state index contributed by atoms with van der Waals surface area (Å²) in [6, 6.07) is 2.50. The van der Waals surface area contributed by atoms with Gasteiger partial charge < -0.3 is 55.0 Å². The first-order valence-electron chi connectivity index (χ1n) is 29.9. The smallest absolute Gasteiger partial charge is 0.417 e. The summed E-state index contributed by atoms with van der Waals surface area (Å²) >= 11 is 13.4. The Balaban J connectivity index is 1.36. The number of carbonyl (C=O) groups is 9. The minimum atomic E-state index is -5.19. The van der Waals surface area contributed by atoms with Crippen LogP contribution >= 0.6 is 43.5 Å². The van der Waals surface area contributed by atoms with E-state index < -0.39 is 131 Å². The van der Waals surface area contributed by atoms with Crippen molar-refractivity contribution in [1.29, 1.82) is 0 Å². The monoisotopic (exact) mass is 1410 g/mol. The van der Waals surface area contributed by atoms with E-state index in [2.05, 4.69) is 47.8 Å². The largest absolute Gasteiger partial charge is 0.465 e. The van der Waals surface area contributed by atoms with E-state index in [-0.39, 0.29) is 79.4 Å². The first-order chi connectivity index (χ1) is 42.2. The topological polar surface area (TPSA) is 292 Å². The van der Waals surface area contributed by atoms with Crippen molar-refractivity contribution in [1.82, 2.24) is 20.9 Å². The zero-order chi connectivity index (χ0) is 67.2. The highest BCUT2D eigenvalue weighted by Crippen LogP contribution is 2.49. The third-order valence-electron chi connectivity index (χ3n) is 16.8. The Morgan fingerprint density at radius 3 is 2.33 bits per heavy atom. The predicted octanol–water partition coefficient (Wildman–Crippen LogP) is 8.93. The number of fused-ring (bicyclic) bond motifs is 5. The van der Waals surface area contributed by atoms with Crippen molar-refractivity contribution in [3.63, 3.8) is 0 Å². The van der Waals surface area contributed by atoms with Crippen LogP contribution in [0.15, 0.2) is 54.1 Å². The maximum atomic E-state index is 15.1. The number of methoxy groups -OCH3 is 1. The molecule has 6 amide bonds. The Morgan fingerprint density at radius 2 is 1.70 bits per heavy atom. The zero-order valence-electron chi connectivity index (χ0n) is 52.4. The number of urea groups is 1. The van der Waals surface area contributed by atoms with Gasteiger partial charge in [-0.25, -0.2) is 14.4 Å². The molecule has 90 heavy (non-hydrogen) atoms. The number of hydrogen-bond donors (Lipinski definition) is 5. The maximum absolute atomic E-state index is 15.1. The van der Waals surface area contributed by atoms with Crippen LogP contribution in [-0.4, -0.2) is 156 Å². The molecule has 6 N–H and O–H groups in total. The molecule has 0 saturated carbocycles. The average Bonchev–Trinajstić information content (AvgIpc) is 1.56. The van der Waals surface area contributed by atoms with E-state index in [1.807, 2.05) is 19.1 Å². The molecule has 0 aromatic heterocycles. The summed E-state index contributed by atoms with van der Waals surface area (Å²) in [5.41, 5.74) is 1.91. The van der Waals surface area contributed by atoms with Crippen LogP contribution in [0.25, 0.3) is 0 Å². The molecule has 4 bridgehead atoms. The number of halogens is 6. The van der Waals surface area contributed by atoms with E-state index in [1.165, 1.54) is 26.0 Å². The molecule has 2 aromatic carbocycles. The number of alkyl halides is 5. The number of anilines is 1. The maximum Gasteiger partial charge on any atom is 0.417 e. The van der Waals surface area contributed by atoms with Gasteiger partial charge in [0.25, 0.3) is 5.91 Å². The number of aryl methyl sites for hydroxylation is 1. The molecule has 21 nitrogen and oxygen atoms in total. The number of ether oxygens (including phenoxy) is 5. The summed E-state index contributed by atoms with van der Waals surface area (Å²) in [5, 5.41) is 20.6. The number of allylic oxidation sites excluding steroid dienone is 3. The number of hydrogen-bond acceptors (Lipinski definition) is 15. The van der Waals surface area contributed by atoms with Gasteiger partial charge in [0.15, 0.2) is 11.5 Å². The fourth-order valence-electron chi connectivity index (χ4n) is 11.0. The minimum absolute atomic E-state index is 0.00909. The number of aliphatic hydroxyl groups is 1. The molecular weight excluding hydrogens is 1330 g/mol. The summed E-state index contributed by atoms with van der Waals surface area (Å²) in [6.07, 6.45) is -4.87. The van der Waals surface area contributed by atoms with Crippen molar-refractivity contribution in [2.75, 3.05) is 49.9 Å². The van der Waals surface area contributed by atoms with Crippen LogP contribution in [0.2, 0.25) is 5.02 Å². The number of unbranched alkanes of at least 4 members (excludes halogenated alkanes) is 2. The van der Waals surface area contributed by atoms with Crippen molar-refractivity contribution in [3.8, 4) is 0 Å². The zero-order valence-corrected chi connectivity index (χ0v) is 56.3. The Bertz CT molecular complexity index is 3020. The van der Waals surface area contributed by atoms with Crippen LogP contribution in [0.1, 0.15) is 132 Å². The number of ketones is 2. The van der Waals surface area contributed by atoms with Gasteiger partial charge in [-0.1, -0.05) is 100 Å². The molecule has 498 valence electrons. The fraction of sp³-hybridized carbons (Fsp3) is 0.603. The van der Waals surface area contributed by atoms with Crippen LogP contribution in [-0.2, 0) is 71.5 Å². The third kappa shape index (κ3) is 20.0. The van der Waals surface area contributed by atoms with Crippen LogP contribution in [0.4, 0.5) is 28.4 Å². The summed E-state index contributed by atoms with van der Waals surface area (Å²) < 4.78 is 74.4. The lowest BCUT2D eigenvalue weighted by Crippen LogP contribution is -2.63. The van der Waals surface area contributed by atoms with E-state index >= 15 is 13.2 Å². The van der Waals surface area contributed by atoms with Gasteiger partial charge in [-0.15, -0.1) is 0 Å². The summed E-state index contributed by atoms with van der Waals surface area (Å²) in [4.78, 5) is 123. The van der Waals surface area contributed by atoms with E-state index in [1.54, 1.807) is 52.8 Å². The number of rotatable bonds is 26. The number of Topliss-reactive ketones (excluding diaryl/α,β-unsaturated/α-hetero) is 2. The molecule has 0 spiro atoms. The van der Waals surface area contributed by atoms with E-state index in [9.17, 15) is 48.3 Å². The lowest BCUT2D eigenvalue weighted by molar-refractivity contribution is -0.158. The molecule has 3 heterocycles. The molecule has 2 saturated heterocycles. The SMILES string of the molecule is CO[C@@H]1/C=C/C=C(\C)Cc2cc(C)c(Cl)c(c2)N(C)C(=O)C[C@H](OC(=O)[C@H](C)N(C)C(=O)c2ccc(CC(=O)[C@H](CCCNC(N)=O)NC(=O)[C@@H](CC(=O)CCCCCOC(=O)C(CBr)CBr)C(C)C)cc2C(F)(F)F)[C@]2(C)O[C@H]2[C@H](C)[C@@H]2C[C@@]1(O)NC(=O)O2. The lowest BCUT2D eigenvalue weighted by atomic mass is 9.83. The Kier molecular flexibility index (Phi) is 27.5. The average molecular weight is 1420 g/mol. The van der Waals surface area contributed by atoms with Crippen molar-refractivity contribution in [3.05, 3.63) is 87.0 Å². The van der Waals surface area contributed by atoms with Crippen molar-refractivity contribution >= 4 is 102 Å². The highest BCUT2D eigenvalue weighted by Gasteiger charge is 2.64. The standard InChI is InChI=1S/C63H84Br2ClF3N6O15/c1-34(2)44(29-42(76)17-12-11-13-23-87-58(82)41(32-64)33-65)55(79)72-46(18-15-22-71-59(70)83)48(77)28-39-20-21-43(45(26-39)63(67,68)69)56(80)74(8)38(6)57(81)89-51-30-52(78)75(9)47-27-40(25-36(4)53(47)66)24-35(3)16-14-19-50(86-10)62(85)31-49(88-60(84)73-62)37(5)54-61(51,7)90-54/h14,16,19-21,25-27,34,37-38,41,44,46,49-51,54,85H,11-13,15,17-18,22-24,28-33H2,1-10H3,(H,72,79)(H,73,84)(H3,70,71,83)/b19-14+,35-16+/t37-,38+,44+,46+,49+,50-,51+,54+,61+,62+/m1/s1. The number of alkyl carbamates (subject to hydrolysis) is 1. The summed E-state index contributed by atoms with van der Waals surface area (Å²) in [7, 11) is 3.95. The quantitative estimate of drug-likeness (QED) is 0.0193. The number of primary amides is 1. The molecular formula is C63H84Br2ClF3N6O15. The van der Waals surface area contributed by atoms with E-state index in [0.717, 1.165) is 35.2 Å². The van der Waals surface area contributed by atoms with Crippen molar-refractivity contribution < 1.29 is 85.1 Å². The second kappa shape index (κ2) is 33.1. The molecule has 27 heteroatoms. The molecule has 2 aromatic rings. The van der Waals surface area contributed by atoms with Gasteiger partial charge in [-0.3, -0.25) is 34.1 Å². The van der Waals surface area contributed by atoms with Crippen LogP contribution in [0, 0.1) is 30.6 Å². The van der Waals surface area contributed by atoms with Crippen LogP contribution in [0.5, 0.6) is 0 Å². The second-order valence-corrected chi connectivity index (χ2v) is 25.7. The second-order valence-electron chi connectivity index (χ2n) is 24.0. The molecule has 0 radical (unpaired) electrons. The molecule has 5 rings (SSSR count). The van der Waals surface area contributed by atoms with Crippen molar-refractivity contribution in [2.45, 2.75) is 173 Å². The Labute approximate surface area is 545 Å². The van der Waals surface area contributed by atoms with Gasteiger partial charge >= 0.3 is 30.2 Å². The highest BCUT2D eigenvalue weighted by molar-refractivity contribution is 9.09. The number of benzene rings is 2. The number of esters is 2. The third-order valence-corrected chi connectivity index (χ3v) is 18.8. The first-order valence-corrected chi connectivity index (χ1v) is 32.5. The molecule has 0 aliphatic carbocycles. The Morgan fingerprint density at radius 1 is 1.01 bits per heavy atom. The summed E-state index contributed by atoms with van der Waals surface area (Å²) in [5.74, 6) is -7.24. The fourth-order valence-corrected chi connectivity index (χ4v) is 12.8. The number of carbonyl (C=O) groups excluding carboxylic acids is 9. The lowest BCUT2D eigenvalue weighted by Gasteiger charge is -2.42. The normalized spacial score (nSPS) is 24.0. The molecule has 3 aliphatic rings.